The number of nitrogens with zero attached hydrogens (tertiary/aromatic N) is 2. The first-order chi connectivity index (χ1) is 15.2. The predicted molar refractivity (Wildman–Crippen MR) is 129 cm³/mol. The van der Waals surface area contributed by atoms with Gasteiger partial charge in [-0.3, -0.25) is 9.69 Å². The Morgan fingerprint density at radius 2 is 1.35 bits per heavy atom. The van der Waals surface area contributed by atoms with Crippen molar-refractivity contribution < 1.29 is 4.79 Å². The summed E-state index contributed by atoms with van der Waals surface area (Å²) in [5, 5.41) is 0. The van der Waals surface area contributed by atoms with Crippen molar-refractivity contribution in [3.05, 3.63) is 102 Å². The first-order valence-corrected chi connectivity index (χ1v) is 12.0. The minimum atomic E-state index is 0.233. The van der Waals surface area contributed by atoms with Gasteiger partial charge in [-0.15, -0.1) is 11.8 Å². The number of carbonyl (C=O) groups excluding carboxylic acids is 1. The highest BCUT2D eigenvalue weighted by atomic mass is 32.2. The van der Waals surface area contributed by atoms with E-state index in [0.717, 1.165) is 31.9 Å². The smallest absolute Gasteiger partial charge is 0.223 e. The lowest BCUT2D eigenvalue weighted by molar-refractivity contribution is -0.132. The molecule has 0 radical (unpaired) electrons. The summed E-state index contributed by atoms with van der Waals surface area (Å²) in [6.07, 6.45) is 0.597. The van der Waals surface area contributed by atoms with Crippen LogP contribution in [-0.4, -0.2) is 47.6 Å². The molecule has 1 aliphatic rings. The summed E-state index contributed by atoms with van der Waals surface area (Å²) in [5.74, 6) is 1.11. The van der Waals surface area contributed by atoms with Crippen LogP contribution in [0, 0.1) is 6.92 Å². The second-order valence-electron chi connectivity index (χ2n) is 8.05. The van der Waals surface area contributed by atoms with Crippen LogP contribution in [0.4, 0.5) is 0 Å². The molecule has 1 fully saturated rings. The molecule has 160 valence electrons. The van der Waals surface area contributed by atoms with E-state index in [1.54, 1.807) is 11.8 Å². The Labute approximate surface area is 190 Å². The zero-order valence-corrected chi connectivity index (χ0v) is 18.9. The van der Waals surface area contributed by atoms with Gasteiger partial charge in [0.2, 0.25) is 5.91 Å². The quantitative estimate of drug-likeness (QED) is 0.468. The second-order valence-corrected chi connectivity index (χ2v) is 9.22. The van der Waals surface area contributed by atoms with Crippen LogP contribution >= 0.6 is 11.8 Å². The van der Waals surface area contributed by atoms with Gasteiger partial charge in [0.1, 0.15) is 0 Å². The van der Waals surface area contributed by atoms with Crippen molar-refractivity contribution in [2.75, 3.05) is 31.9 Å². The van der Waals surface area contributed by atoms with Crippen LogP contribution in [0.15, 0.2) is 89.8 Å². The minimum absolute atomic E-state index is 0.233. The predicted octanol–water partition coefficient (Wildman–Crippen LogP) is 5.41. The van der Waals surface area contributed by atoms with Crippen LogP contribution in [-0.2, 0) is 4.79 Å². The van der Waals surface area contributed by atoms with Gasteiger partial charge < -0.3 is 4.90 Å². The molecular weight excluding hydrogens is 400 g/mol. The fourth-order valence-electron chi connectivity index (χ4n) is 4.16. The van der Waals surface area contributed by atoms with Crippen molar-refractivity contribution in [1.29, 1.82) is 0 Å². The lowest BCUT2D eigenvalue weighted by Gasteiger charge is -2.39. The van der Waals surface area contributed by atoms with Crippen molar-refractivity contribution in [1.82, 2.24) is 9.80 Å². The maximum Gasteiger partial charge on any atom is 0.223 e. The fourth-order valence-corrected chi connectivity index (χ4v) is 5.00. The first kappa shape index (κ1) is 21.7. The first-order valence-electron chi connectivity index (χ1n) is 11.0. The molecule has 0 spiro atoms. The molecule has 0 N–H and O–H groups in total. The normalized spacial score (nSPS) is 14.7. The van der Waals surface area contributed by atoms with Gasteiger partial charge in [-0.2, -0.15) is 0 Å². The van der Waals surface area contributed by atoms with Gasteiger partial charge in [0.15, 0.2) is 0 Å². The van der Waals surface area contributed by atoms with Gasteiger partial charge in [-0.05, 0) is 30.2 Å². The molecule has 0 aliphatic carbocycles. The number of hydrogen-bond donors (Lipinski definition) is 0. The van der Waals surface area contributed by atoms with Crippen molar-refractivity contribution in [3.8, 4) is 0 Å². The number of rotatable bonds is 7. The van der Waals surface area contributed by atoms with Gasteiger partial charge in [0.25, 0.3) is 0 Å². The fraction of sp³-hybridized carbons (Fsp3) is 0.296. The molecule has 1 heterocycles. The Hall–Kier alpha value is -2.56. The molecule has 31 heavy (non-hydrogen) atoms. The molecule has 1 aliphatic heterocycles. The van der Waals surface area contributed by atoms with Gasteiger partial charge in [0, 0.05) is 43.2 Å². The molecule has 0 bridgehead atoms. The van der Waals surface area contributed by atoms with Gasteiger partial charge in [-0.1, -0.05) is 78.4 Å². The molecule has 4 rings (SSSR count). The molecular formula is C27H30N2OS. The van der Waals surface area contributed by atoms with Crippen LogP contribution in [0.2, 0.25) is 0 Å². The molecule has 1 saturated heterocycles. The zero-order valence-electron chi connectivity index (χ0n) is 18.1. The largest absolute Gasteiger partial charge is 0.340 e. The maximum absolute atomic E-state index is 12.8. The van der Waals surface area contributed by atoms with E-state index in [9.17, 15) is 4.79 Å². The van der Waals surface area contributed by atoms with E-state index in [1.807, 2.05) is 4.90 Å². The van der Waals surface area contributed by atoms with E-state index < -0.39 is 0 Å². The number of piperazine rings is 1. The van der Waals surface area contributed by atoms with Crippen molar-refractivity contribution in [3.63, 3.8) is 0 Å². The van der Waals surface area contributed by atoms with E-state index in [-0.39, 0.29) is 11.9 Å². The molecule has 0 saturated carbocycles. The Morgan fingerprint density at radius 3 is 1.90 bits per heavy atom. The van der Waals surface area contributed by atoms with Crippen LogP contribution in [0.5, 0.6) is 0 Å². The third-order valence-corrected chi connectivity index (χ3v) is 6.88. The summed E-state index contributed by atoms with van der Waals surface area (Å²) in [6.45, 7) is 5.47. The second kappa shape index (κ2) is 10.7. The summed E-state index contributed by atoms with van der Waals surface area (Å²) >= 11 is 1.76. The average Bonchev–Trinajstić information content (AvgIpc) is 2.82. The SMILES string of the molecule is Cc1ccc(SCCC(=O)N2CCN(C(c3ccccc3)c3ccccc3)CC2)cc1. The third-order valence-electron chi connectivity index (χ3n) is 5.87. The summed E-state index contributed by atoms with van der Waals surface area (Å²) in [4.78, 5) is 18.5. The molecule has 3 nitrogen and oxygen atoms in total. The number of amides is 1. The van der Waals surface area contributed by atoms with Crippen molar-refractivity contribution in [2.24, 2.45) is 0 Å². The monoisotopic (exact) mass is 430 g/mol. The summed E-state index contributed by atoms with van der Waals surface area (Å²) in [5.41, 5.74) is 3.88. The van der Waals surface area contributed by atoms with Gasteiger partial charge in [-0.25, -0.2) is 0 Å². The van der Waals surface area contributed by atoms with Crippen LogP contribution < -0.4 is 0 Å². The summed E-state index contributed by atoms with van der Waals surface area (Å²) < 4.78 is 0. The van der Waals surface area contributed by atoms with E-state index >= 15 is 0 Å². The zero-order chi connectivity index (χ0) is 21.5. The Balaban J connectivity index is 1.33. The van der Waals surface area contributed by atoms with E-state index in [4.69, 9.17) is 0 Å². The third kappa shape index (κ3) is 5.78. The molecule has 3 aromatic carbocycles. The maximum atomic E-state index is 12.8. The highest BCUT2D eigenvalue weighted by molar-refractivity contribution is 7.99. The van der Waals surface area contributed by atoms with Crippen LogP contribution in [0.1, 0.15) is 29.2 Å². The molecule has 0 unspecified atom stereocenters. The van der Waals surface area contributed by atoms with E-state index in [1.165, 1.54) is 21.6 Å². The van der Waals surface area contributed by atoms with Crippen LogP contribution in [0.3, 0.4) is 0 Å². The summed E-state index contributed by atoms with van der Waals surface area (Å²) in [6, 6.07) is 30.1. The number of hydrogen-bond acceptors (Lipinski definition) is 3. The number of benzene rings is 3. The Bertz CT molecular complexity index is 912. The van der Waals surface area contributed by atoms with Crippen molar-refractivity contribution >= 4 is 17.7 Å². The average molecular weight is 431 g/mol. The lowest BCUT2D eigenvalue weighted by atomic mass is 9.96. The number of carbonyl (C=O) groups is 1. The molecule has 0 atom stereocenters. The molecule has 4 heteroatoms. The topological polar surface area (TPSA) is 23.6 Å². The van der Waals surface area contributed by atoms with Crippen LogP contribution in [0.25, 0.3) is 0 Å². The highest BCUT2D eigenvalue weighted by Crippen LogP contribution is 2.29. The Kier molecular flexibility index (Phi) is 7.44. The van der Waals surface area contributed by atoms with E-state index in [2.05, 4.69) is 96.8 Å². The van der Waals surface area contributed by atoms with Gasteiger partial charge >= 0.3 is 0 Å². The minimum Gasteiger partial charge on any atom is -0.340 e. The number of thioether (sulfide) groups is 1. The standard InChI is InChI=1S/C27H30N2OS/c1-22-12-14-25(15-13-22)31-21-16-26(30)28-17-19-29(20-18-28)27(23-8-4-2-5-9-23)24-10-6-3-7-11-24/h2-15,27H,16-21H2,1H3. The lowest BCUT2D eigenvalue weighted by Crippen LogP contribution is -2.49. The highest BCUT2D eigenvalue weighted by Gasteiger charge is 2.27. The molecule has 0 aromatic heterocycles. The van der Waals surface area contributed by atoms with E-state index in [0.29, 0.717) is 6.42 Å². The van der Waals surface area contributed by atoms with Crippen molar-refractivity contribution in [2.45, 2.75) is 24.3 Å². The summed E-state index contributed by atoms with van der Waals surface area (Å²) in [7, 11) is 0. The Morgan fingerprint density at radius 1 is 0.806 bits per heavy atom. The molecule has 1 amide bonds. The molecule has 3 aromatic rings. The number of aryl methyl sites for hydroxylation is 1. The van der Waals surface area contributed by atoms with Gasteiger partial charge in [0.05, 0.1) is 6.04 Å².